The number of methoxy groups -OCH3 is 1. The van der Waals surface area contributed by atoms with Gasteiger partial charge in [0, 0.05) is 36.6 Å². The van der Waals surface area contributed by atoms with Gasteiger partial charge in [0.25, 0.3) is 5.91 Å². The maximum Gasteiger partial charge on any atom is 0.272 e. The second-order valence-corrected chi connectivity index (χ2v) is 6.99. The number of amides is 2. The van der Waals surface area contributed by atoms with Crippen LogP contribution in [0.15, 0.2) is 48.5 Å². The van der Waals surface area contributed by atoms with E-state index in [4.69, 9.17) is 4.74 Å². The van der Waals surface area contributed by atoms with E-state index in [0.717, 1.165) is 23.7 Å². The van der Waals surface area contributed by atoms with E-state index in [1.165, 1.54) is 0 Å². The zero-order valence-corrected chi connectivity index (χ0v) is 16.1. The summed E-state index contributed by atoms with van der Waals surface area (Å²) in [6.45, 7) is 0.662. The molecule has 1 aliphatic heterocycles. The van der Waals surface area contributed by atoms with E-state index < -0.39 is 0 Å². The summed E-state index contributed by atoms with van der Waals surface area (Å²) >= 11 is 0. The fourth-order valence-corrected chi connectivity index (χ4v) is 3.74. The lowest BCUT2D eigenvalue weighted by Gasteiger charge is -2.28. The zero-order chi connectivity index (χ0) is 19.7. The molecule has 1 saturated heterocycles. The number of aromatic nitrogens is 1. The van der Waals surface area contributed by atoms with Crippen molar-refractivity contribution in [1.82, 2.24) is 4.57 Å². The van der Waals surface area contributed by atoms with Gasteiger partial charge in [-0.05, 0) is 43.2 Å². The van der Waals surface area contributed by atoms with Gasteiger partial charge in [0.1, 0.15) is 11.4 Å². The number of benzene rings is 2. The highest BCUT2D eigenvalue weighted by Crippen LogP contribution is 2.34. The van der Waals surface area contributed by atoms with Crippen molar-refractivity contribution in [2.75, 3.05) is 23.9 Å². The summed E-state index contributed by atoms with van der Waals surface area (Å²) in [5, 5.41) is 3.97. The fraction of sp³-hybridized carbons (Fsp3) is 0.273. The molecule has 0 aliphatic carbocycles. The summed E-state index contributed by atoms with van der Waals surface area (Å²) < 4.78 is 7.32. The number of aryl methyl sites for hydroxylation is 1. The summed E-state index contributed by atoms with van der Waals surface area (Å²) in [6, 6.07) is 15.1. The molecule has 6 heteroatoms. The minimum absolute atomic E-state index is 0.0849. The number of fused-ring (bicyclic) bond motifs is 1. The van der Waals surface area contributed by atoms with Crippen LogP contribution in [0.1, 0.15) is 29.8 Å². The van der Waals surface area contributed by atoms with E-state index >= 15 is 0 Å². The summed E-state index contributed by atoms with van der Waals surface area (Å²) in [5.74, 6) is 0.513. The van der Waals surface area contributed by atoms with E-state index in [0.29, 0.717) is 35.8 Å². The molecule has 2 amide bonds. The van der Waals surface area contributed by atoms with Gasteiger partial charge in [-0.1, -0.05) is 18.2 Å². The number of rotatable bonds is 4. The smallest absolute Gasteiger partial charge is 0.272 e. The highest BCUT2D eigenvalue weighted by molar-refractivity contribution is 6.07. The van der Waals surface area contributed by atoms with Crippen molar-refractivity contribution in [2.24, 2.45) is 7.05 Å². The molecule has 1 fully saturated rings. The van der Waals surface area contributed by atoms with Gasteiger partial charge in [-0.3, -0.25) is 9.59 Å². The average molecular weight is 377 g/mol. The SMILES string of the molecule is COc1ccc(NC(=O)c2cc3ccccc3n2C)cc1N1CCCCC1=O. The Labute approximate surface area is 163 Å². The number of hydrogen-bond acceptors (Lipinski definition) is 3. The van der Waals surface area contributed by atoms with E-state index in [1.54, 1.807) is 24.1 Å². The van der Waals surface area contributed by atoms with E-state index in [1.807, 2.05) is 48.0 Å². The Kier molecular flexibility index (Phi) is 4.77. The summed E-state index contributed by atoms with van der Waals surface area (Å²) in [7, 11) is 3.46. The largest absolute Gasteiger partial charge is 0.495 e. The molecule has 2 heterocycles. The number of para-hydroxylation sites is 1. The number of carbonyl (C=O) groups is 2. The van der Waals surface area contributed by atoms with E-state index in [2.05, 4.69) is 5.32 Å². The Morgan fingerprint density at radius 3 is 2.68 bits per heavy atom. The Hall–Kier alpha value is -3.28. The van der Waals surface area contributed by atoms with Gasteiger partial charge in [0.2, 0.25) is 5.91 Å². The molecule has 6 nitrogen and oxygen atoms in total. The van der Waals surface area contributed by atoms with Crippen LogP contribution in [0.4, 0.5) is 11.4 Å². The zero-order valence-electron chi connectivity index (χ0n) is 16.1. The minimum atomic E-state index is -0.195. The van der Waals surface area contributed by atoms with Crippen molar-refractivity contribution in [2.45, 2.75) is 19.3 Å². The van der Waals surface area contributed by atoms with Crippen LogP contribution in [0.25, 0.3) is 10.9 Å². The second kappa shape index (κ2) is 7.38. The van der Waals surface area contributed by atoms with Crippen molar-refractivity contribution >= 4 is 34.1 Å². The van der Waals surface area contributed by atoms with Crippen LogP contribution in [0.3, 0.4) is 0 Å². The standard InChI is InChI=1S/C22H23N3O3/c1-24-17-8-4-3-7-15(17)13-19(24)22(27)23-16-10-11-20(28-2)18(14-16)25-12-6-5-9-21(25)26/h3-4,7-8,10-11,13-14H,5-6,9,12H2,1-2H3,(H,23,27). The average Bonchev–Trinajstić information content (AvgIpc) is 3.05. The van der Waals surface area contributed by atoms with Gasteiger partial charge in [-0.25, -0.2) is 0 Å². The lowest BCUT2D eigenvalue weighted by molar-refractivity contribution is -0.119. The maximum absolute atomic E-state index is 12.9. The molecule has 144 valence electrons. The molecule has 28 heavy (non-hydrogen) atoms. The molecule has 0 atom stereocenters. The molecule has 0 spiro atoms. The third-order valence-corrected chi connectivity index (χ3v) is 5.24. The van der Waals surface area contributed by atoms with Gasteiger partial charge < -0.3 is 19.5 Å². The van der Waals surface area contributed by atoms with Crippen molar-refractivity contribution in [1.29, 1.82) is 0 Å². The van der Waals surface area contributed by atoms with Crippen LogP contribution in [-0.2, 0) is 11.8 Å². The van der Waals surface area contributed by atoms with Gasteiger partial charge in [-0.2, -0.15) is 0 Å². The normalized spacial score (nSPS) is 14.4. The molecular weight excluding hydrogens is 354 g/mol. The second-order valence-electron chi connectivity index (χ2n) is 6.99. The number of nitrogens with one attached hydrogen (secondary N) is 1. The topological polar surface area (TPSA) is 63.6 Å². The Bertz CT molecular complexity index is 1050. The number of carbonyl (C=O) groups excluding carboxylic acids is 2. The highest BCUT2D eigenvalue weighted by Gasteiger charge is 2.23. The number of hydrogen-bond donors (Lipinski definition) is 1. The molecule has 2 aromatic carbocycles. The molecule has 1 N–H and O–H groups in total. The monoisotopic (exact) mass is 377 g/mol. The summed E-state index contributed by atoms with van der Waals surface area (Å²) in [5.41, 5.74) is 2.90. The molecule has 3 aromatic rings. The molecular formula is C22H23N3O3. The Morgan fingerprint density at radius 1 is 1.11 bits per heavy atom. The Morgan fingerprint density at radius 2 is 1.93 bits per heavy atom. The van der Waals surface area contributed by atoms with Crippen molar-refractivity contribution < 1.29 is 14.3 Å². The molecule has 0 unspecified atom stereocenters. The summed E-state index contributed by atoms with van der Waals surface area (Å²) in [6.07, 6.45) is 2.41. The van der Waals surface area contributed by atoms with Crippen molar-refractivity contribution in [3.63, 3.8) is 0 Å². The number of anilines is 2. The quantitative estimate of drug-likeness (QED) is 0.749. The molecule has 1 aromatic heterocycles. The van der Waals surface area contributed by atoms with Gasteiger partial charge in [0.05, 0.1) is 12.8 Å². The minimum Gasteiger partial charge on any atom is -0.495 e. The highest BCUT2D eigenvalue weighted by atomic mass is 16.5. The van der Waals surface area contributed by atoms with Gasteiger partial charge >= 0.3 is 0 Å². The fourth-order valence-electron chi connectivity index (χ4n) is 3.74. The lowest BCUT2D eigenvalue weighted by atomic mass is 10.1. The molecule has 0 radical (unpaired) electrons. The predicted molar refractivity (Wildman–Crippen MR) is 110 cm³/mol. The Balaban J connectivity index is 1.64. The molecule has 1 aliphatic rings. The van der Waals surface area contributed by atoms with Crippen LogP contribution >= 0.6 is 0 Å². The number of nitrogens with zero attached hydrogens (tertiary/aromatic N) is 2. The van der Waals surface area contributed by atoms with Crippen molar-refractivity contribution in [3.8, 4) is 5.75 Å². The first-order valence-electron chi connectivity index (χ1n) is 9.42. The predicted octanol–water partition coefficient (Wildman–Crippen LogP) is 3.96. The summed E-state index contributed by atoms with van der Waals surface area (Å²) in [4.78, 5) is 27.0. The van der Waals surface area contributed by atoms with Crippen LogP contribution in [0.2, 0.25) is 0 Å². The molecule has 0 saturated carbocycles. The first kappa shape index (κ1) is 18.1. The number of ether oxygens (including phenoxy) is 1. The van der Waals surface area contributed by atoms with Crippen LogP contribution in [0.5, 0.6) is 5.75 Å². The first-order chi connectivity index (χ1) is 13.6. The number of piperidine rings is 1. The van der Waals surface area contributed by atoms with Crippen LogP contribution < -0.4 is 15.0 Å². The van der Waals surface area contributed by atoms with Crippen LogP contribution in [0, 0.1) is 0 Å². The molecule has 0 bridgehead atoms. The maximum atomic E-state index is 12.9. The van der Waals surface area contributed by atoms with E-state index in [-0.39, 0.29) is 11.8 Å². The van der Waals surface area contributed by atoms with E-state index in [9.17, 15) is 9.59 Å². The third kappa shape index (κ3) is 3.22. The first-order valence-corrected chi connectivity index (χ1v) is 9.42. The lowest BCUT2D eigenvalue weighted by Crippen LogP contribution is -2.35. The van der Waals surface area contributed by atoms with Gasteiger partial charge in [-0.15, -0.1) is 0 Å². The third-order valence-electron chi connectivity index (χ3n) is 5.24. The molecule has 4 rings (SSSR count). The van der Waals surface area contributed by atoms with Gasteiger partial charge in [0.15, 0.2) is 0 Å². The van der Waals surface area contributed by atoms with Crippen LogP contribution in [-0.4, -0.2) is 30.0 Å². The van der Waals surface area contributed by atoms with Crippen molar-refractivity contribution in [3.05, 3.63) is 54.2 Å².